The molecule has 2 aromatic rings. The van der Waals surface area contributed by atoms with Gasteiger partial charge in [0.15, 0.2) is 0 Å². The summed E-state index contributed by atoms with van der Waals surface area (Å²) in [6.07, 6.45) is 0.676. The van der Waals surface area contributed by atoms with Crippen molar-refractivity contribution in [3.63, 3.8) is 0 Å². The third-order valence-electron chi connectivity index (χ3n) is 4.65. The second kappa shape index (κ2) is 6.86. The number of carbonyl (C=O) groups is 2. The Bertz CT molecular complexity index is 840. The number of rotatable bonds is 5. The van der Waals surface area contributed by atoms with Gasteiger partial charge in [0.2, 0.25) is 11.8 Å². The predicted octanol–water partition coefficient (Wildman–Crippen LogP) is 4.45. The second-order valence-electron chi connectivity index (χ2n) is 6.83. The molecule has 1 aliphatic rings. The van der Waals surface area contributed by atoms with E-state index in [1.807, 2.05) is 26.0 Å². The maximum atomic E-state index is 13.8. The maximum Gasteiger partial charge on any atom is 0.240 e. The van der Waals surface area contributed by atoms with Crippen molar-refractivity contribution < 1.29 is 18.4 Å². The number of nitrogens with one attached hydrogen (secondary N) is 2. The summed E-state index contributed by atoms with van der Waals surface area (Å²) in [7, 11) is 0. The first-order valence-electron chi connectivity index (χ1n) is 8.51. The monoisotopic (exact) mass is 358 g/mol. The van der Waals surface area contributed by atoms with Crippen molar-refractivity contribution in [2.24, 2.45) is 5.41 Å². The highest BCUT2D eigenvalue weighted by atomic mass is 19.1. The molecule has 0 unspecified atom stereocenters. The minimum Gasteiger partial charge on any atom is -0.325 e. The van der Waals surface area contributed by atoms with Gasteiger partial charge in [-0.2, -0.15) is 0 Å². The van der Waals surface area contributed by atoms with Gasteiger partial charge in [0.05, 0.1) is 0 Å². The fourth-order valence-corrected chi connectivity index (χ4v) is 2.89. The summed E-state index contributed by atoms with van der Waals surface area (Å²) in [5.41, 5.74) is -0.223. The van der Waals surface area contributed by atoms with Gasteiger partial charge in [0, 0.05) is 5.69 Å². The number of halogens is 2. The number of hydrogen-bond donors (Lipinski definition) is 2. The molecular weight excluding hydrogens is 338 g/mol. The minimum absolute atomic E-state index is 0.197. The predicted molar refractivity (Wildman–Crippen MR) is 95.8 cm³/mol. The minimum atomic E-state index is -1.29. The van der Waals surface area contributed by atoms with Gasteiger partial charge in [-0.3, -0.25) is 9.59 Å². The standard InChI is InChI=1S/C20H20F2N2O2/c1-12(2)13-6-3-4-9-16(13)23-18(25)20(10-11-20)19(26)24-17-14(21)7-5-8-15(17)22/h3-9,12H,10-11H2,1-2H3,(H,23,25)(H,24,26). The van der Waals surface area contributed by atoms with Crippen LogP contribution in [0.2, 0.25) is 0 Å². The molecule has 1 aliphatic carbocycles. The molecule has 0 aromatic heterocycles. The van der Waals surface area contributed by atoms with Gasteiger partial charge in [-0.25, -0.2) is 8.78 Å². The van der Waals surface area contributed by atoms with Crippen LogP contribution in [0.5, 0.6) is 0 Å². The zero-order valence-corrected chi connectivity index (χ0v) is 14.6. The van der Waals surface area contributed by atoms with E-state index in [0.717, 1.165) is 17.7 Å². The Balaban J connectivity index is 1.78. The highest BCUT2D eigenvalue weighted by molar-refractivity contribution is 6.17. The molecule has 26 heavy (non-hydrogen) atoms. The molecule has 3 rings (SSSR count). The van der Waals surface area contributed by atoms with E-state index in [4.69, 9.17) is 0 Å². The number of para-hydroxylation sites is 2. The van der Waals surface area contributed by atoms with Gasteiger partial charge in [-0.15, -0.1) is 0 Å². The SMILES string of the molecule is CC(C)c1ccccc1NC(=O)C1(C(=O)Nc2c(F)cccc2F)CC1. The Hall–Kier alpha value is -2.76. The maximum absolute atomic E-state index is 13.8. The molecule has 0 spiro atoms. The van der Waals surface area contributed by atoms with Crippen LogP contribution in [0.4, 0.5) is 20.2 Å². The lowest BCUT2D eigenvalue weighted by molar-refractivity contribution is -0.131. The summed E-state index contributed by atoms with van der Waals surface area (Å²) < 4.78 is 27.5. The van der Waals surface area contributed by atoms with Gasteiger partial charge in [0.1, 0.15) is 22.7 Å². The number of anilines is 2. The van der Waals surface area contributed by atoms with E-state index in [9.17, 15) is 18.4 Å². The van der Waals surface area contributed by atoms with Gasteiger partial charge in [-0.05, 0) is 42.5 Å². The molecular formula is C20H20F2N2O2. The number of amides is 2. The van der Waals surface area contributed by atoms with Crippen molar-refractivity contribution in [3.05, 3.63) is 59.7 Å². The van der Waals surface area contributed by atoms with Gasteiger partial charge < -0.3 is 10.6 Å². The Kier molecular flexibility index (Phi) is 4.76. The van der Waals surface area contributed by atoms with E-state index in [2.05, 4.69) is 10.6 Å². The van der Waals surface area contributed by atoms with Crippen molar-refractivity contribution >= 4 is 23.2 Å². The van der Waals surface area contributed by atoms with Crippen LogP contribution in [0.25, 0.3) is 0 Å². The third kappa shape index (κ3) is 3.31. The zero-order valence-electron chi connectivity index (χ0n) is 14.6. The summed E-state index contributed by atoms with van der Waals surface area (Å²) >= 11 is 0. The van der Waals surface area contributed by atoms with E-state index in [0.29, 0.717) is 18.5 Å². The van der Waals surface area contributed by atoms with E-state index >= 15 is 0 Å². The van der Waals surface area contributed by atoms with Crippen LogP contribution in [0, 0.1) is 17.0 Å². The Morgan fingerprint density at radius 1 is 0.923 bits per heavy atom. The number of carbonyl (C=O) groups excluding carboxylic acids is 2. The van der Waals surface area contributed by atoms with Crippen molar-refractivity contribution in [2.75, 3.05) is 10.6 Å². The molecule has 1 saturated carbocycles. The molecule has 2 amide bonds. The Morgan fingerprint density at radius 3 is 2.08 bits per heavy atom. The molecule has 2 N–H and O–H groups in total. The van der Waals surface area contributed by atoms with Crippen molar-refractivity contribution in [2.45, 2.75) is 32.6 Å². The summed E-state index contributed by atoms with van der Waals surface area (Å²) in [5, 5.41) is 5.04. The van der Waals surface area contributed by atoms with E-state index in [1.165, 1.54) is 6.07 Å². The van der Waals surface area contributed by atoms with Crippen LogP contribution in [0.1, 0.15) is 38.2 Å². The lowest BCUT2D eigenvalue weighted by atomic mass is 9.99. The Labute approximate surface area is 150 Å². The molecule has 1 fully saturated rings. The van der Waals surface area contributed by atoms with Gasteiger partial charge >= 0.3 is 0 Å². The average molecular weight is 358 g/mol. The molecule has 0 heterocycles. The quantitative estimate of drug-likeness (QED) is 0.776. The fraction of sp³-hybridized carbons (Fsp3) is 0.300. The molecule has 0 radical (unpaired) electrons. The first-order valence-corrected chi connectivity index (χ1v) is 8.51. The summed E-state index contributed by atoms with van der Waals surface area (Å²) in [4.78, 5) is 25.3. The normalized spacial score (nSPS) is 14.8. The average Bonchev–Trinajstić information content (AvgIpc) is 3.40. The smallest absolute Gasteiger partial charge is 0.240 e. The molecule has 0 saturated heterocycles. The molecule has 6 heteroatoms. The summed E-state index contributed by atoms with van der Waals surface area (Å²) in [6.45, 7) is 4.01. The van der Waals surface area contributed by atoms with E-state index in [1.54, 1.807) is 12.1 Å². The Morgan fingerprint density at radius 2 is 1.50 bits per heavy atom. The van der Waals surface area contributed by atoms with E-state index < -0.39 is 34.6 Å². The van der Waals surface area contributed by atoms with Crippen LogP contribution in [0.3, 0.4) is 0 Å². The highest BCUT2D eigenvalue weighted by Gasteiger charge is 2.56. The lowest BCUT2D eigenvalue weighted by Crippen LogP contribution is -2.36. The first kappa shape index (κ1) is 18.0. The van der Waals surface area contributed by atoms with Crippen LogP contribution in [-0.2, 0) is 9.59 Å². The molecule has 0 atom stereocenters. The molecule has 136 valence electrons. The van der Waals surface area contributed by atoms with Crippen molar-refractivity contribution in [3.8, 4) is 0 Å². The van der Waals surface area contributed by atoms with Crippen molar-refractivity contribution in [1.29, 1.82) is 0 Å². The molecule has 4 nitrogen and oxygen atoms in total. The highest BCUT2D eigenvalue weighted by Crippen LogP contribution is 2.48. The number of benzene rings is 2. The van der Waals surface area contributed by atoms with E-state index in [-0.39, 0.29) is 5.92 Å². The van der Waals surface area contributed by atoms with Crippen LogP contribution in [0.15, 0.2) is 42.5 Å². The third-order valence-corrected chi connectivity index (χ3v) is 4.65. The largest absolute Gasteiger partial charge is 0.325 e. The first-order chi connectivity index (χ1) is 12.3. The van der Waals surface area contributed by atoms with Crippen LogP contribution < -0.4 is 10.6 Å². The topological polar surface area (TPSA) is 58.2 Å². The lowest BCUT2D eigenvalue weighted by Gasteiger charge is -2.18. The molecule has 0 aliphatic heterocycles. The zero-order chi connectivity index (χ0) is 18.9. The van der Waals surface area contributed by atoms with Gasteiger partial charge in [-0.1, -0.05) is 38.1 Å². The van der Waals surface area contributed by atoms with Crippen molar-refractivity contribution in [1.82, 2.24) is 0 Å². The fourth-order valence-electron chi connectivity index (χ4n) is 2.89. The summed E-state index contributed by atoms with van der Waals surface area (Å²) in [6, 6.07) is 10.7. The van der Waals surface area contributed by atoms with Gasteiger partial charge in [0.25, 0.3) is 0 Å². The molecule has 2 aromatic carbocycles. The molecule has 0 bridgehead atoms. The van der Waals surface area contributed by atoms with Crippen LogP contribution >= 0.6 is 0 Å². The summed E-state index contributed by atoms with van der Waals surface area (Å²) in [5.74, 6) is -2.71. The number of hydrogen-bond acceptors (Lipinski definition) is 2. The van der Waals surface area contributed by atoms with Crippen LogP contribution in [-0.4, -0.2) is 11.8 Å². The second-order valence-corrected chi connectivity index (χ2v) is 6.83.